The Morgan fingerprint density at radius 1 is 0.644 bits per heavy atom. The van der Waals surface area contributed by atoms with Gasteiger partial charge in [-0.25, -0.2) is 27.1 Å². The second kappa shape index (κ2) is 12.3. The molecule has 0 atom stereocenters. The Bertz CT molecular complexity index is 2320. The fourth-order valence-corrected chi connectivity index (χ4v) is 9.26. The highest BCUT2D eigenvalue weighted by molar-refractivity contribution is 7.95. The number of thiazole rings is 1. The van der Waals surface area contributed by atoms with E-state index in [1.165, 1.54) is 18.2 Å². The van der Waals surface area contributed by atoms with Gasteiger partial charge < -0.3 is 0 Å². The number of benzene rings is 3. The number of nitrogens with zero attached hydrogens (tertiary/aromatic N) is 1. The van der Waals surface area contributed by atoms with Crippen LogP contribution in [0.2, 0.25) is 0 Å². The lowest BCUT2D eigenvalue weighted by Crippen LogP contribution is -2.15. The van der Waals surface area contributed by atoms with Crippen LogP contribution in [0.4, 0.5) is 10.8 Å². The van der Waals surface area contributed by atoms with Crippen LogP contribution in [0.1, 0.15) is 0 Å². The van der Waals surface area contributed by atoms with Gasteiger partial charge in [0.1, 0.15) is 0 Å². The zero-order chi connectivity index (χ0) is 33.6. The third kappa shape index (κ3) is 8.44. The number of rotatable bonds is 12. The first kappa shape index (κ1) is 34.9. The fourth-order valence-electron chi connectivity index (χ4n) is 3.37. The smallest absolute Gasteiger partial charge is 0.282 e. The maximum atomic E-state index is 13.0. The molecule has 0 amide bonds. The standard InChI is InChI=1S/C19H15N3O16S7/c23-37-38-40-11-4-12(6-14(5-11)43(28,29)30)41(24,25)21-10-1-2-17-18(3-10)39-19(20-17)22-42(26,27)13-7-15(44(31,32)33)9-16(8-13)45(34,35)36/h1-9,21,23H,(H,20,22)(H,28,29,30)(H,31,32,33)(H,34,35,36). The number of nitrogens with one attached hydrogen (secondary N) is 2. The Kier molecular flexibility index (Phi) is 9.54. The average molecular weight is 766 g/mol. The highest BCUT2D eigenvalue weighted by Crippen LogP contribution is 2.33. The number of sulfonamides is 2. The van der Waals surface area contributed by atoms with Crippen LogP contribution < -0.4 is 9.44 Å². The first-order valence-corrected chi connectivity index (χ1v) is 19.8. The summed E-state index contributed by atoms with van der Waals surface area (Å²) in [6, 6.07) is 7.24. The number of fused-ring (bicyclic) bond motifs is 1. The average Bonchev–Trinajstić information content (AvgIpc) is 3.30. The van der Waals surface area contributed by atoms with E-state index in [2.05, 4.69) is 19.1 Å². The van der Waals surface area contributed by atoms with E-state index in [0.717, 1.165) is 12.1 Å². The maximum absolute atomic E-state index is 13.0. The van der Waals surface area contributed by atoms with Crippen molar-refractivity contribution >= 4 is 94.8 Å². The molecule has 0 saturated heterocycles. The van der Waals surface area contributed by atoms with Gasteiger partial charge in [-0.15, -0.1) is 4.33 Å². The van der Waals surface area contributed by atoms with Gasteiger partial charge in [-0.05, 0) is 54.6 Å². The van der Waals surface area contributed by atoms with Gasteiger partial charge in [-0.3, -0.25) is 23.1 Å². The number of hydrogen-bond acceptors (Lipinski definition) is 16. The fraction of sp³-hybridized carbons (Fsp3) is 0. The predicted molar refractivity (Wildman–Crippen MR) is 154 cm³/mol. The van der Waals surface area contributed by atoms with Crippen LogP contribution in [-0.2, 0) is 59.8 Å². The highest BCUT2D eigenvalue weighted by atomic mass is 32.2. The molecule has 0 fully saturated rings. The van der Waals surface area contributed by atoms with E-state index < -0.39 is 74.9 Å². The highest BCUT2D eigenvalue weighted by Gasteiger charge is 2.25. The second-order valence-electron chi connectivity index (χ2n) is 8.34. The Labute approximate surface area is 262 Å². The summed E-state index contributed by atoms with van der Waals surface area (Å²) in [5.74, 6) is 0. The lowest BCUT2D eigenvalue weighted by Gasteiger charge is -2.10. The molecule has 244 valence electrons. The minimum absolute atomic E-state index is 0.124. The van der Waals surface area contributed by atoms with Crippen LogP contribution in [0.3, 0.4) is 0 Å². The minimum Gasteiger partial charge on any atom is -0.282 e. The van der Waals surface area contributed by atoms with E-state index >= 15 is 0 Å². The lowest BCUT2D eigenvalue weighted by atomic mass is 10.3. The zero-order valence-corrected chi connectivity index (χ0v) is 26.9. The molecule has 0 aliphatic carbocycles. The molecular weight excluding hydrogens is 751 g/mol. The van der Waals surface area contributed by atoms with Crippen molar-refractivity contribution in [2.75, 3.05) is 9.44 Å². The van der Waals surface area contributed by atoms with Crippen molar-refractivity contribution < 1.29 is 70.4 Å². The molecular formula is C19H15N3O16S7. The third-order valence-electron chi connectivity index (χ3n) is 5.24. The third-order valence-corrected chi connectivity index (χ3v) is 12.0. The molecule has 6 N–H and O–H groups in total. The molecule has 1 aromatic heterocycles. The van der Waals surface area contributed by atoms with Gasteiger partial charge in [0.15, 0.2) is 5.13 Å². The van der Waals surface area contributed by atoms with Crippen molar-refractivity contribution in [1.82, 2.24) is 4.98 Å². The Morgan fingerprint density at radius 2 is 1.11 bits per heavy atom. The molecule has 0 spiro atoms. The summed E-state index contributed by atoms with van der Waals surface area (Å²) in [5.41, 5.74) is -0.000206. The van der Waals surface area contributed by atoms with Crippen molar-refractivity contribution in [3.63, 3.8) is 0 Å². The number of anilines is 2. The molecule has 3 aromatic carbocycles. The minimum atomic E-state index is -5.12. The van der Waals surface area contributed by atoms with Gasteiger partial charge in [0.05, 0.1) is 52.4 Å². The van der Waals surface area contributed by atoms with Gasteiger partial charge in [-0.1, -0.05) is 16.4 Å². The summed E-state index contributed by atoms with van der Waals surface area (Å²) in [6.07, 6.45) is 0. The molecule has 0 saturated carbocycles. The monoisotopic (exact) mass is 765 g/mol. The second-order valence-corrected chi connectivity index (χ2v) is 17.8. The summed E-state index contributed by atoms with van der Waals surface area (Å²) < 4.78 is 158. The van der Waals surface area contributed by atoms with Crippen molar-refractivity contribution in [2.24, 2.45) is 0 Å². The SMILES string of the molecule is O=S(=O)(O)c1cc(SOOO)cc(S(=O)(=O)Nc2ccc3nc(NS(=O)(=O)c4cc(S(=O)(=O)O)cc(S(=O)(=O)O)c4)sc3c2)c1. The van der Waals surface area contributed by atoms with E-state index in [1.807, 2.05) is 4.72 Å². The van der Waals surface area contributed by atoms with Crippen molar-refractivity contribution in [1.29, 1.82) is 0 Å². The molecule has 19 nitrogen and oxygen atoms in total. The van der Waals surface area contributed by atoms with Gasteiger partial charge in [-0.2, -0.15) is 25.3 Å². The summed E-state index contributed by atoms with van der Waals surface area (Å²) in [6.45, 7) is 0. The van der Waals surface area contributed by atoms with Crippen molar-refractivity contribution in [3.05, 3.63) is 54.6 Å². The normalized spacial score (nSPS) is 13.2. The van der Waals surface area contributed by atoms with E-state index in [1.54, 1.807) is 0 Å². The van der Waals surface area contributed by atoms with Crippen LogP contribution in [0.5, 0.6) is 0 Å². The maximum Gasteiger partial charge on any atom is 0.294 e. The molecule has 0 radical (unpaired) electrons. The van der Waals surface area contributed by atoms with Crippen LogP contribution >= 0.6 is 23.4 Å². The van der Waals surface area contributed by atoms with Crippen LogP contribution in [-0.4, -0.2) is 66.0 Å². The van der Waals surface area contributed by atoms with E-state index in [4.69, 9.17) is 5.26 Å². The Balaban J connectivity index is 1.67. The summed E-state index contributed by atoms with van der Waals surface area (Å²) in [4.78, 5) is -1.01. The summed E-state index contributed by atoms with van der Waals surface area (Å²) >= 11 is 0.862. The van der Waals surface area contributed by atoms with Crippen molar-refractivity contribution in [3.8, 4) is 0 Å². The van der Waals surface area contributed by atoms with Gasteiger partial charge in [0.25, 0.3) is 50.4 Å². The first-order chi connectivity index (χ1) is 20.6. The zero-order valence-electron chi connectivity index (χ0n) is 21.2. The molecule has 0 aliphatic heterocycles. The molecule has 0 unspecified atom stereocenters. The molecule has 4 aromatic rings. The topological polar surface area (TPSA) is 307 Å². The molecule has 0 bridgehead atoms. The number of aromatic nitrogens is 1. The largest absolute Gasteiger partial charge is 0.294 e. The molecule has 4 rings (SSSR count). The van der Waals surface area contributed by atoms with E-state index in [-0.39, 0.29) is 38.0 Å². The first-order valence-electron chi connectivity index (χ1n) is 10.9. The lowest BCUT2D eigenvalue weighted by molar-refractivity contribution is -0.432. The Morgan fingerprint density at radius 3 is 1.64 bits per heavy atom. The summed E-state index contributed by atoms with van der Waals surface area (Å²) in [7, 11) is -24.5. The van der Waals surface area contributed by atoms with Crippen LogP contribution in [0.15, 0.2) is 84.0 Å². The van der Waals surface area contributed by atoms with Crippen LogP contribution in [0, 0.1) is 0 Å². The van der Waals surface area contributed by atoms with Crippen molar-refractivity contribution in [2.45, 2.75) is 29.4 Å². The van der Waals surface area contributed by atoms with Gasteiger partial charge in [0.2, 0.25) is 0 Å². The molecule has 0 aliphatic rings. The predicted octanol–water partition coefficient (Wildman–Crippen LogP) is 2.07. The Hall–Kier alpha value is -2.99. The van der Waals surface area contributed by atoms with E-state index in [0.29, 0.717) is 35.6 Å². The molecule has 26 heteroatoms. The molecule has 45 heavy (non-hydrogen) atoms. The van der Waals surface area contributed by atoms with Crippen LogP contribution in [0.25, 0.3) is 10.2 Å². The molecule has 1 heterocycles. The van der Waals surface area contributed by atoms with Gasteiger partial charge >= 0.3 is 0 Å². The number of hydrogen-bond donors (Lipinski definition) is 6. The van der Waals surface area contributed by atoms with Gasteiger partial charge in [0, 0.05) is 4.90 Å². The summed E-state index contributed by atoms with van der Waals surface area (Å²) in [5, 5.41) is 11.4. The quantitative estimate of drug-likeness (QED) is 0.0520. The van der Waals surface area contributed by atoms with E-state index in [9.17, 15) is 55.7 Å².